The van der Waals surface area contributed by atoms with Crippen LogP contribution in [0.25, 0.3) is 0 Å². The number of hydrogen-bond acceptors (Lipinski definition) is 7. The molecule has 8 nitrogen and oxygen atoms in total. The van der Waals surface area contributed by atoms with Crippen molar-refractivity contribution in [1.29, 1.82) is 0 Å². The van der Waals surface area contributed by atoms with E-state index in [0.717, 1.165) is 0 Å². The maximum Gasteiger partial charge on any atom is 0.329 e. The molecule has 1 aliphatic heterocycles. The second-order valence-electron chi connectivity index (χ2n) is 8.24. The number of nitrogens with zero attached hydrogens (tertiary/aromatic N) is 1. The molecule has 1 aromatic rings. The second-order valence-corrected chi connectivity index (χ2v) is 8.24. The molecule has 0 bridgehead atoms. The third-order valence-electron chi connectivity index (χ3n) is 5.31. The van der Waals surface area contributed by atoms with Crippen LogP contribution < -0.4 is 10.1 Å². The van der Waals surface area contributed by atoms with E-state index in [1.54, 1.807) is 6.92 Å². The van der Waals surface area contributed by atoms with Gasteiger partial charge in [0.05, 0.1) is 19.9 Å². The molecule has 0 unspecified atom stereocenters. The number of alkyl halides is 1. The van der Waals surface area contributed by atoms with Crippen molar-refractivity contribution in [2.45, 2.75) is 64.7 Å². The van der Waals surface area contributed by atoms with E-state index in [0.29, 0.717) is 32.3 Å². The molecule has 31 heavy (non-hydrogen) atoms. The molecule has 1 amide bonds. The van der Waals surface area contributed by atoms with Gasteiger partial charge in [-0.15, -0.1) is 0 Å². The van der Waals surface area contributed by atoms with Gasteiger partial charge in [0.15, 0.2) is 17.2 Å². The van der Waals surface area contributed by atoms with Gasteiger partial charge in [0.2, 0.25) is 0 Å². The number of pyridine rings is 1. The first kappa shape index (κ1) is 24.8. The van der Waals surface area contributed by atoms with Gasteiger partial charge in [0.25, 0.3) is 5.91 Å². The summed E-state index contributed by atoms with van der Waals surface area (Å²) in [5.41, 5.74) is -0.242. The molecule has 1 saturated heterocycles. The summed E-state index contributed by atoms with van der Waals surface area (Å²) in [5.74, 6) is -1.41. The molecule has 4 atom stereocenters. The molecule has 0 saturated carbocycles. The number of rotatable bonds is 8. The summed E-state index contributed by atoms with van der Waals surface area (Å²) in [5, 5.41) is 12.8. The van der Waals surface area contributed by atoms with Gasteiger partial charge in [0, 0.05) is 18.9 Å². The Bertz CT molecular complexity index is 745. The van der Waals surface area contributed by atoms with Gasteiger partial charge in [-0.05, 0) is 38.0 Å². The van der Waals surface area contributed by atoms with Gasteiger partial charge in [0.1, 0.15) is 12.1 Å². The summed E-state index contributed by atoms with van der Waals surface area (Å²) in [7, 11) is 1.36. The summed E-state index contributed by atoms with van der Waals surface area (Å²) < 4.78 is 29.8. The van der Waals surface area contributed by atoms with E-state index in [4.69, 9.17) is 14.2 Å². The van der Waals surface area contributed by atoms with Gasteiger partial charge in [-0.2, -0.15) is 0 Å². The number of carbonyl (C=O) groups excluding carboxylic acids is 2. The van der Waals surface area contributed by atoms with Crippen molar-refractivity contribution in [3.63, 3.8) is 0 Å². The maximum absolute atomic E-state index is 13.2. The zero-order valence-electron chi connectivity index (χ0n) is 18.6. The Labute approximate surface area is 182 Å². The SMILES string of the molecule is COc1ccnc(C(=O)N[C@H]2CCC[C@H](CCF)[C@@H](OCC(C)C)[C@H](C)OC2=O)c1O. The predicted molar refractivity (Wildman–Crippen MR) is 112 cm³/mol. The topological polar surface area (TPSA) is 107 Å². The van der Waals surface area contributed by atoms with E-state index in [-0.39, 0.29) is 23.3 Å². The highest BCUT2D eigenvalue weighted by Gasteiger charge is 2.35. The highest BCUT2D eigenvalue weighted by molar-refractivity contribution is 5.97. The number of methoxy groups -OCH3 is 1. The first-order valence-corrected chi connectivity index (χ1v) is 10.7. The normalized spacial score (nSPS) is 24.6. The minimum Gasteiger partial charge on any atom is -0.503 e. The van der Waals surface area contributed by atoms with E-state index in [2.05, 4.69) is 10.3 Å². The molecular weight excluding hydrogens is 407 g/mol. The molecule has 9 heteroatoms. The molecule has 1 aromatic heterocycles. The van der Waals surface area contributed by atoms with Crippen molar-refractivity contribution < 1.29 is 33.3 Å². The van der Waals surface area contributed by atoms with Crippen molar-refractivity contribution in [1.82, 2.24) is 10.3 Å². The number of cyclic esters (lactones) is 1. The largest absolute Gasteiger partial charge is 0.503 e. The van der Waals surface area contributed by atoms with E-state index in [9.17, 15) is 19.1 Å². The van der Waals surface area contributed by atoms with Crippen LogP contribution in [0.5, 0.6) is 11.5 Å². The van der Waals surface area contributed by atoms with E-state index in [1.165, 1.54) is 19.4 Å². The monoisotopic (exact) mass is 440 g/mol. The fourth-order valence-corrected chi connectivity index (χ4v) is 3.73. The van der Waals surface area contributed by atoms with Crippen LogP contribution in [0.1, 0.15) is 56.9 Å². The first-order valence-electron chi connectivity index (χ1n) is 10.7. The Morgan fingerprint density at radius 1 is 1.42 bits per heavy atom. The molecule has 2 N–H and O–H groups in total. The van der Waals surface area contributed by atoms with Crippen LogP contribution in [-0.4, -0.2) is 60.6 Å². The highest BCUT2D eigenvalue weighted by Crippen LogP contribution is 2.29. The maximum atomic E-state index is 13.2. The van der Waals surface area contributed by atoms with E-state index < -0.39 is 42.6 Å². The van der Waals surface area contributed by atoms with Crippen LogP contribution in [0.4, 0.5) is 4.39 Å². The smallest absolute Gasteiger partial charge is 0.329 e. The molecule has 2 heterocycles. The second kappa shape index (κ2) is 11.8. The molecule has 174 valence electrons. The van der Waals surface area contributed by atoms with Crippen LogP contribution in [0.15, 0.2) is 12.3 Å². The van der Waals surface area contributed by atoms with Gasteiger partial charge in [-0.3, -0.25) is 9.18 Å². The summed E-state index contributed by atoms with van der Waals surface area (Å²) in [6.07, 6.45) is 2.18. The predicted octanol–water partition coefficient (Wildman–Crippen LogP) is 3.03. The number of ether oxygens (including phenoxy) is 3. The number of nitrogens with one attached hydrogen (secondary N) is 1. The quantitative estimate of drug-likeness (QED) is 0.599. The van der Waals surface area contributed by atoms with E-state index in [1.807, 2.05) is 13.8 Å². The molecule has 0 aromatic carbocycles. The Balaban J connectivity index is 2.15. The van der Waals surface area contributed by atoms with Crippen LogP contribution in [0, 0.1) is 11.8 Å². The summed E-state index contributed by atoms with van der Waals surface area (Å²) in [4.78, 5) is 29.3. The van der Waals surface area contributed by atoms with Crippen molar-refractivity contribution in [2.24, 2.45) is 11.8 Å². The van der Waals surface area contributed by atoms with Crippen LogP contribution in [-0.2, 0) is 14.3 Å². The zero-order chi connectivity index (χ0) is 23.0. The standard InChI is InChI=1S/C22H33FN2O6/c1-13(2)12-30-20-14(3)31-22(28)16(7-5-6-15(20)8-10-23)25-21(27)18-19(26)17(29-4)9-11-24-18/h9,11,13-16,20,26H,5-8,10,12H2,1-4H3,(H,25,27)/t14-,15+,16-,20-/m0/s1. The Morgan fingerprint density at radius 3 is 2.81 bits per heavy atom. The van der Waals surface area contributed by atoms with Gasteiger partial charge in [-0.1, -0.05) is 20.3 Å². The van der Waals surface area contributed by atoms with Crippen molar-refractivity contribution in [3.05, 3.63) is 18.0 Å². The third kappa shape index (κ3) is 6.78. The van der Waals surface area contributed by atoms with Crippen LogP contribution in [0.3, 0.4) is 0 Å². The van der Waals surface area contributed by atoms with Gasteiger partial charge < -0.3 is 24.6 Å². The molecule has 0 aliphatic carbocycles. The number of aromatic hydroxyl groups is 1. The minimum absolute atomic E-state index is 0.0925. The average Bonchev–Trinajstić information content (AvgIpc) is 2.76. The molecule has 1 fully saturated rings. The lowest BCUT2D eigenvalue weighted by molar-refractivity contribution is -0.161. The summed E-state index contributed by atoms with van der Waals surface area (Å²) in [6, 6.07) is 0.502. The average molecular weight is 441 g/mol. The number of amides is 1. The Kier molecular flexibility index (Phi) is 9.48. The molecule has 0 spiro atoms. The lowest BCUT2D eigenvalue weighted by atomic mass is 9.90. The fourth-order valence-electron chi connectivity index (χ4n) is 3.73. The molecule has 2 rings (SSSR count). The first-order chi connectivity index (χ1) is 14.8. The Morgan fingerprint density at radius 2 is 2.16 bits per heavy atom. The molecule has 1 aliphatic rings. The van der Waals surface area contributed by atoms with Crippen molar-refractivity contribution >= 4 is 11.9 Å². The van der Waals surface area contributed by atoms with Crippen LogP contribution in [0.2, 0.25) is 0 Å². The van der Waals surface area contributed by atoms with Gasteiger partial charge >= 0.3 is 5.97 Å². The number of hydrogen-bond donors (Lipinski definition) is 2. The fraction of sp³-hybridized carbons (Fsp3) is 0.682. The van der Waals surface area contributed by atoms with Crippen molar-refractivity contribution in [3.8, 4) is 11.5 Å². The molecular formula is C22H33FN2O6. The summed E-state index contributed by atoms with van der Waals surface area (Å²) >= 11 is 0. The van der Waals surface area contributed by atoms with Crippen molar-refractivity contribution in [2.75, 3.05) is 20.4 Å². The minimum atomic E-state index is -0.919. The highest BCUT2D eigenvalue weighted by atomic mass is 19.1. The lowest BCUT2D eigenvalue weighted by Gasteiger charge is -2.31. The van der Waals surface area contributed by atoms with E-state index >= 15 is 0 Å². The number of esters is 1. The van der Waals surface area contributed by atoms with Crippen LogP contribution >= 0.6 is 0 Å². The van der Waals surface area contributed by atoms with Gasteiger partial charge in [-0.25, -0.2) is 9.78 Å². The third-order valence-corrected chi connectivity index (χ3v) is 5.31. The summed E-state index contributed by atoms with van der Waals surface area (Å²) in [6.45, 7) is 5.77. The lowest BCUT2D eigenvalue weighted by Crippen LogP contribution is -2.44. The number of aromatic nitrogens is 1. The Hall–Kier alpha value is -2.42. The molecule has 0 radical (unpaired) electrons. The number of carbonyl (C=O) groups is 2. The number of halogens is 1. The zero-order valence-corrected chi connectivity index (χ0v) is 18.6.